The van der Waals surface area contributed by atoms with Gasteiger partial charge in [0.25, 0.3) is 5.91 Å². The van der Waals surface area contributed by atoms with E-state index in [1.807, 2.05) is 38.2 Å². The summed E-state index contributed by atoms with van der Waals surface area (Å²) in [5.41, 5.74) is 8.91. The number of amides is 1. The zero-order valence-corrected chi connectivity index (χ0v) is 11.2. The van der Waals surface area contributed by atoms with E-state index in [1.54, 1.807) is 10.9 Å². The first-order valence-electron chi connectivity index (χ1n) is 6.20. The van der Waals surface area contributed by atoms with Crippen molar-refractivity contribution in [2.75, 3.05) is 11.9 Å². The Hall–Kier alpha value is -2.14. The molecule has 0 aliphatic carbocycles. The van der Waals surface area contributed by atoms with Crippen molar-refractivity contribution in [3.05, 3.63) is 47.3 Å². The van der Waals surface area contributed by atoms with Crippen molar-refractivity contribution in [2.24, 2.45) is 12.8 Å². The van der Waals surface area contributed by atoms with Gasteiger partial charge in [0.05, 0.1) is 17.6 Å². The van der Waals surface area contributed by atoms with E-state index >= 15 is 0 Å². The minimum absolute atomic E-state index is 0.129. The normalized spacial score (nSPS) is 10.5. The van der Waals surface area contributed by atoms with Crippen molar-refractivity contribution < 1.29 is 4.79 Å². The molecule has 19 heavy (non-hydrogen) atoms. The zero-order valence-electron chi connectivity index (χ0n) is 11.2. The van der Waals surface area contributed by atoms with Crippen LogP contribution in [0, 0.1) is 6.92 Å². The predicted octanol–water partition coefficient (Wildman–Crippen LogP) is 1.48. The van der Waals surface area contributed by atoms with Crippen molar-refractivity contribution in [3.8, 4) is 0 Å². The number of rotatable bonds is 4. The lowest BCUT2D eigenvalue weighted by Gasteiger charge is -2.05. The van der Waals surface area contributed by atoms with Crippen molar-refractivity contribution >= 4 is 11.6 Å². The minimum Gasteiger partial charge on any atom is -0.330 e. The van der Waals surface area contributed by atoms with Gasteiger partial charge in [-0.3, -0.25) is 9.48 Å². The second-order valence-electron chi connectivity index (χ2n) is 4.46. The maximum absolute atomic E-state index is 12.1. The molecule has 1 amide bonds. The van der Waals surface area contributed by atoms with Crippen LogP contribution < -0.4 is 11.1 Å². The Bertz CT molecular complexity index is 572. The van der Waals surface area contributed by atoms with Crippen molar-refractivity contribution in [1.82, 2.24) is 9.78 Å². The van der Waals surface area contributed by atoms with E-state index in [-0.39, 0.29) is 5.91 Å². The molecule has 0 saturated heterocycles. The molecule has 0 saturated carbocycles. The monoisotopic (exact) mass is 258 g/mol. The zero-order chi connectivity index (χ0) is 13.8. The van der Waals surface area contributed by atoms with Crippen LogP contribution in [0.2, 0.25) is 0 Å². The third kappa shape index (κ3) is 3.00. The number of aryl methyl sites for hydroxylation is 1. The average Bonchev–Trinajstić information content (AvgIpc) is 2.72. The van der Waals surface area contributed by atoms with Crippen LogP contribution in [0.1, 0.15) is 21.6 Å². The molecule has 2 aromatic rings. The second-order valence-corrected chi connectivity index (χ2v) is 4.46. The van der Waals surface area contributed by atoms with Crippen LogP contribution in [0.3, 0.4) is 0 Å². The van der Waals surface area contributed by atoms with E-state index in [0.29, 0.717) is 12.1 Å². The second kappa shape index (κ2) is 5.67. The van der Waals surface area contributed by atoms with Gasteiger partial charge in [0.1, 0.15) is 0 Å². The molecule has 0 radical (unpaired) electrons. The molecule has 3 N–H and O–H groups in total. The topological polar surface area (TPSA) is 72.9 Å². The fourth-order valence-electron chi connectivity index (χ4n) is 1.81. The summed E-state index contributed by atoms with van der Waals surface area (Å²) in [6.07, 6.45) is 2.47. The number of aromatic nitrogens is 2. The molecule has 0 spiro atoms. The molecule has 1 aromatic heterocycles. The predicted molar refractivity (Wildman–Crippen MR) is 75.1 cm³/mol. The van der Waals surface area contributed by atoms with Gasteiger partial charge in [0, 0.05) is 12.6 Å². The Balaban J connectivity index is 2.09. The first-order valence-corrected chi connectivity index (χ1v) is 6.20. The van der Waals surface area contributed by atoms with Crippen LogP contribution in [0.4, 0.5) is 5.69 Å². The number of hydrogen-bond acceptors (Lipinski definition) is 3. The van der Waals surface area contributed by atoms with Gasteiger partial charge in [0.15, 0.2) is 0 Å². The number of hydrogen-bond donors (Lipinski definition) is 2. The Morgan fingerprint density at radius 2 is 2.05 bits per heavy atom. The highest BCUT2D eigenvalue weighted by molar-refractivity contribution is 6.04. The highest BCUT2D eigenvalue weighted by atomic mass is 16.1. The van der Waals surface area contributed by atoms with Crippen molar-refractivity contribution in [3.63, 3.8) is 0 Å². The van der Waals surface area contributed by atoms with Crippen molar-refractivity contribution in [2.45, 2.75) is 13.3 Å². The standard InChI is InChI=1S/C14H18N4O/c1-10-13(9-16-18(10)2)17-14(19)12-5-3-11(4-6-12)7-8-15/h3-6,9H,7-8,15H2,1-2H3,(H,17,19). The molecule has 0 unspecified atom stereocenters. The summed E-state index contributed by atoms with van der Waals surface area (Å²) in [5.74, 6) is -0.129. The summed E-state index contributed by atoms with van der Waals surface area (Å²) < 4.78 is 1.72. The lowest BCUT2D eigenvalue weighted by molar-refractivity contribution is 0.102. The van der Waals surface area contributed by atoms with Crippen LogP contribution in [-0.4, -0.2) is 22.2 Å². The lowest BCUT2D eigenvalue weighted by Crippen LogP contribution is -2.12. The first kappa shape index (κ1) is 13.3. The number of anilines is 1. The number of carbonyl (C=O) groups excluding carboxylic acids is 1. The Morgan fingerprint density at radius 1 is 1.37 bits per heavy atom. The van der Waals surface area contributed by atoms with E-state index < -0.39 is 0 Å². The van der Waals surface area contributed by atoms with E-state index in [0.717, 1.165) is 23.4 Å². The van der Waals surface area contributed by atoms with Gasteiger partial charge < -0.3 is 11.1 Å². The SMILES string of the molecule is Cc1c(NC(=O)c2ccc(CCN)cc2)cnn1C. The fourth-order valence-corrected chi connectivity index (χ4v) is 1.81. The average molecular weight is 258 g/mol. The van der Waals surface area contributed by atoms with E-state index in [1.165, 1.54) is 0 Å². The molecular weight excluding hydrogens is 240 g/mol. The summed E-state index contributed by atoms with van der Waals surface area (Å²) in [5, 5.41) is 6.94. The molecule has 2 rings (SSSR count). The van der Waals surface area contributed by atoms with E-state index in [9.17, 15) is 4.79 Å². The Kier molecular flexibility index (Phi) is 3.97. The van der Waals surface area contributed by atoms with E-state index in [2.05, 4.69) is 10.4 Å². The van der Waals surface area contributed by atoms with Crippen LogP contribution in [0.5, 0.6) is 0 Å². The summed E-state index contributed by atoms with van der Waals surface area (Å²) >= 11 is 0. The molecule has 0 aliphatic heterocycles. The smallest absolute Gasteiger partial charge is 0.255 e. The first-order chi connectivity index (χ1) is 9.11. The third-order valence-corrected chi connectivity index (χ3v) is 3.13. The van der Waals surface area contributed by atoms with Gasteiger partial charge in [0.2, 0.25) is 0 Å². The Labute approximate surface area is 112 Å². The van der Waals surface area contributed by atoms with Gasteiger partial charge in [-0.15, -0.1) is 0 Å². The molecule has 0 aliphatic rings. The molecule has 100 valence electrons. The number of nitrogens with one attached hydrogen (secondary N) is 1. The molecule has 5 heteroatoms. The maximum atomic E-state index is 12.1. The molecule has 0 bridgehead atoms. The van der Waals surface area contributed by atoms with Crippen LogP contribution in [0.25, 0.3) is 0 Å². The maximum Gasteiger partial charge on any atom is 0.255 e. The third-order valence-electron chi connectivity index (χ3n) is 3.13. The molecular formula is C14H18N4O. The largest absolute Gasteiger partial charge is 0.330 e. The lowest BCUT2D eigenvalue weighted by atomic mass is 10.1. The van der Waals surface area contributed by atoms with Gasteiger partial charge >= 0.3 is 0 Å². The van der Waals surface area contributed by atoms with Crippen molar-refractivity contribution in [1.29, 1.82) is 0 Å². The minimum atomic E-state index is -0.129. The summed E-state index contributed by atoms with van der Waals surface area (Å²) in [4.78, 5) is 12.1. The van der Waals surface area contributed by atoms with E-state index in [4.69, 9.17) is 5.73 Å². The van der Waals surface area contributed by atoms with Crippen LogP contribution in [0.15, 0.2) is 30.5 Å². The number of nitrogens with two attached hydrogens (primary N) is 1. The van der Waals surface area contributed by atoms with Gasteiger partial charge in [-0.25, -0.2) is 0 Å². The quantitative estimate of drug-likeness (QED) is 0.872. The van der Waals surface area contributed by atoms with Gasteiger partial charge in [-0.1, -0.05) is 12.1 Å². The number of nitrogens with zero attached hydrogens (tertiary/aromatic N) is 2. The van der Waals surface area contributed by atoms with Gasteiger partial charge in [-0.2, -0.15) is 5.10 Å². The summed E-state index contributed by atoms with van der Waals surface area (Å²) in [7, 11) is 1.84. The molecule has 5 nitrogen and oxygen atoms in total. The highest BCUT2D eigenvalue weighted by Gasteiger charge is 2.09. The van der Waals surface area contributed by atoms with Crippen LogP contribution in [-0.2, 0) is 13.5 Å². The molecule has 1 aromatic carbocycles. The van der Waals surface area contributed by atoms with Gasteiger partial charge in [-0.05, 0) is 37.6 Å². The summed E-state index contributed by atoms with van der Waals surface area (Å²) in [6, 6.07) is 7.48. The highest BCUT2D eigenvalue weighted by Crippen LogP contribution is 2.14. The number of carbonyl (C=O) groups is 1. The molecule has 0 fully saturated rings. The molecule has 0 atom stereocenters. The summed E-state index contributed by atoms with van der Waals surface area (Å²) in [6.45, 7) is 2.52. The molecule has 1 heterocycles. The number of benzene rings is 1. The fraction of sp³-hybridized carbons (Fsp3) is 0.286. The van der Waals surface area contributed by atoms with Crippen LogP contribution >= 0.6 is 0 Å². The Morgan fingerprint density at radius 3 is 2.58 bits per heavy atom.